The maximum absolute atomic E-state index is 13.8. The number of carbonyl (C=O) groups is 1. The van der Waals surface area contributed by atoms with E-state index in [4.69, 9.17) is 11.6 Å². The van der Waals surface area contributed by atoms with E-state index in [-0.39, 0.29) is 28.5 Å². The molecule has 0 atom stereocenters. The van der Waals surface area contributed by atoms with Gasteiger partial charge in [0, 0.05) is 16.8 Å². The van der Waals surface area contributed by atoms with Crippen molar-refractivity contribution in [2.75, 3.05) is 5.32 Å². The summed E-state index contributed by atoms with van der Waals surface area (Å²) in [4.78, 5) is 17.4. The number of anilines is 1. The molecule has 0 spiro atoms. The lowest BCUT2D eigenvalue weighted by Gasteiger charge is -2.08. The summed E-state index contributed by atoms with van der Waals surface area (Å²) in [6, 6.07) is 14.1. The van der Waals surface area contributed by atoms with E-state index in [2.05, 4.69) is 20.5 Å². The third-order valence-corrected chi connectivity index (χ3v) is 5.63. The molecule has 1 amide bonds. The Morgan fingerprint density at radius 2 is 1.86 bits per heavy atom. The van der Waals surface area contributed by atoms with Crippen LogP contribution in [0.5, 0.6) is 0 Å². The number of rotatable bonds is 6. The van der Waals surface area contributed by atoms with Crippen LogP contribution in [-0.4, -0.2) is 30.3 Å². The predicted molar refractivity (Wildman–Crippen MR) is 124 cm³/mol. The highest BCUT2D eigenvalue weighted by Gasteiger charge is 2.22. The predicted octanol–water partition coefficient (Wildman–Crippen LogP) is 5.62. The van der Waals surface area contributed by atoms with Crippen LogP contribution in [0.15, 0.2) is 73.2 Å². The Morgan fingerprint density at radius 1 is 1.06 bits per heavy atom. The molecule has 176 valence electrons. The molecular weight excluding hydrogens is 481 g/mol. The second-order valence-electron chi connectivity index (χ2n) is 7.64. The van der Waals surface area contributed by atoms with Crippen molar-refractivity contribution < 1.29 is 18.0 Å². The molecule has 3 heterocycles. The van der Waals surface area contributed by atoms with Crippen molar-refractivity contribution in [3.05, 3.63) is 101 Å². The lowest BCUT2D eigenvalue weighted by molar-refractivity contribution is 0.102. The molecule has 0 fully saturated rings. The summed E-state index contributed by atoms with van der Waals surface area (Å²) in [5.74, 6) is -1.03. The number of nitrogens with zero attached hydrogens (tertiary/aromatic N) is 5. The number of carbonyl (C=O) groups excluding carboxylic acids is 1. The zero-order valence-corrected chi connectivity index (χ0v) is 18.6. The molecule has 0 aliphatic heterocycles. The average Bonchev–Trinajstić information content (AvgIpc) is 3.47. The number of benzene rings is 2. The summed E-state index contributed by atoms with van der Waals surface area (Å²) < 4.78 is 43.2. The summed E-state index contributed by atoms with van der Waals surface area (Å²) in [7, 11) is 0. The van der Waals surface area contributed by atoms with Gasteiger partial charge in [-0.15, -0.1) is 0 Å². The highest BCUT2D eigenvalue weighted by molar-refractivity contribution is 6.31. The van der Waals surface area contributed by atoms with E-state index in [1.54, 1.807) is 42.6 Å². The van der Waals surface area contributed by atoms with E-state index in [0.717, 1.165) is 4.52 Å². The third-order valence-electron chi connectivity index (χ3n) is 5.28. The molecule has 0 unspecified atom stereocenters. The highest BCUT2D eigenvalue weighted by Crippen LogP contribution is 2.27. The van der Waals surface area contributed by atoms with Gasteiger partial charge in [0.25, 0.3) is 12.3 Å². The monoisotopic (exact) mass is 496 g/mol. The standard InChI is InChI=1S/C24H16ClF3N6O/c25-19-8-16(26)7-6-15(19)12-33-13-17(10-29-33)31-24(35)18-11-30-34-21(22(27)28)9-20(32-23(18)34)14-4-2-1-3-5-14/h1-11,13,22H,12H2,(H,31,35). The van der Waals surface area contributed by atoms with Crippen LogP contribution in [0.1, 0.15) is 28.0 Å². The van der Waals surface area contributed by atoms with Crippen molar-refractivity contribution in [3.63, 3.8) is 0 Å². The van der Waals surface area contributed by atoms with Gasteiger partial charge < -0.3 is 5.32 Å². The van der Waals surface area contributed by atoms with Crippen LogP contribution < -0.4 is 5.32 Å². The maximum atomic E-state index is 13.8. The van der Waals surface area contributed by atoms with Crippen molar-refractivity contribution in [2.24, 2.45) is 0 Å². The van der Waals surface area contributed by atoms with Crippen molar-refractivity contribution in [2.45, 2.75) is 13.0 Å². The number of hydrogen-bond acceptors (Lipinski definition) is 4. The molecule has 0 saturated heterocycles. The minimum atomic E-state index is -2.82. The molecule has 0 aliphatic rings. The van der Waals surface area contributed by atoms with Gasteiger partial charge in [-0.3, -0.25) is 9.48 Å². The minimum Gasteiger partial charge on any atom is -0.319 e. The first-order valence-electron chi connectivity index (χ1n) is 10.4. The van der Waals surface area contributed by atoms with Crippen molar-refractivity contribution in [1.29, 1.82) is 0 Å². The summed E-state index contributed by atoms with van der Waals surface area (Å²) in [5, 5.41) is 11.1. The van der Waals surface area contributed by atoms with Crippen molar-refractivity contribution in [1.82, 2.24) is 24.4 Å². The van der Waals surface area contributed by atoms with Gasteiger partial charge >= 0.3 is 0 Å². The van der Waals surface area contributed by atoms with Crippen LogP contribution >= 0.6 is 11.6 Å². The van der Waals surface area contributed by atoms with Gasteiger partial charge in [0.1, 0.15) is 17.1 Å². The van der Waals surface area contributed by atoms with E-state index in [1.807, 2.05) is 0 Å². The number of fused-ring (bicyclic) bond motifs is 1. The fourth-order valence-corrected chi connectivity index (χ4v) is 3.82. The Balaban J connectivity index is 1.43. The first kappa shape index (κ1) is 22.6. The minimum absolute atomic E-state index is 0.00430. The second-order valence-corrected chi connectivity index (χ2v) is 8.05. The molecule has 0 saturated carbocycles. The molecule has 1 N–H and O–H groups in total. The Labute approximate surface area is 201 Å². The summed E-state index contributed by atoms with van der Waals surface area (Å²) in [5.41, 5.74) is 1.59. The van der Waals surface area contributed by atoms with Gasteiger partial charge in [-0.1, -0.05) is 48.0 Å². The molecule has 5 aromatic rings. The lowest BCUT2D eigenvalue weighted by atomic mass is 10.1. The van der Waals surface area contributed by atoms with Crippen LogP contribution in [0, 0.1) is 5.82 Å². The van der Waals surface area contributed by atoms with Gasteiger partial charge in [-0.2, -0.15) is 10.2 Å². The van der Waals surface area contributed by atoms with E-state index in [0.29, 0.717) is 22.5 Å². The molecule has 35 heavy (non-hydrogen) atoms. The van der Waals surface area contributed by atoms with Crippen LogP contribution in [0.2, 0.25) is 5.02 Å². The Hall–Kier alpha value is -4.18. The van der Waals surface area contributed by atoms with E-state index < -0.39 is 18.1 Å². The number of alkyl halides is 2. The Morgan fingerprint density at radius 3 is 2.60 bits per heavy atom. The average molecular weight is 497 g/mol. The molecule has 11 heteroatoms. The maximum Gasteiger partial charge on any atom is 0.280 e. The van der Waals surface area contributed by atoms with E-state index in [9.17, 15) is 18.0 Å². The fraction of sp³-hybridized carbons (Fsp3) is 0.0833. The number of nitrogens with one attached hydrogen (secondary N) is 1. The van der Waals surface area contributed by atoms with Crippen LogP contribution in [0.3, 0.4) is 0 Å². The number of amides is 1. The van der Waals surface area contributed by atoms with Crippen LogP contribution in [0.25, 0.3) is 16.9 Å². The first-order chi connectivity index (χ1) is 16.9. The molecule has 0 radical (unpaired) electrons. The molecule has 0 aliphatic carbocycles. The van der Waals surface area contributed by atoms with Crippen LogP contribution in [-0.2, 0) is 6.54 Å². The van der Waals surface area contributed by atoms with Gasteiger partial charge in [0.2, 0.25) is 0 Å². The molecular formula is C24H16ClF3N6O. The zero-order valence-electron chi connectivity index (χ0n) is 17.9. The fourth-order valence-electron chi connectivity index (χ4n) is 3.60. The summed E-state index contributed by atoms with van der Waals surface area (Å²) in [6.07, 6.45) is 1.36. The Kier molecular flexibility index (Phi) is 5.96. The van der Waals surface area contributed by atoms with Gasteiger partial charge in [0.05, 0.1) is 30.3 Å². The lowest BCUT2D eigenvalue weighted by Crippen LogP contribution is -2.12. The van der Waals surface area contributed by atoms with E-state index in [1.165, 1.54) is 35.3 Å². The third kappa shape index (κ3) is 4.60. The quantitative estimate of drug-likeness (QED) is 0.331. The largest absolute Gasteiger partial charge is 0.319 e. The van der Waals surface area contributed by atoms with Crippen LogP contribution in [0.4, 0.5) is 18.9 Å². The molecule has 5 rings (SSSR count). The molecule has 2 aromatic carbocycles. The number of halogens is 4. The Bertz CT molecular complexity index is 1530. The highest BCUT2D eigenvalue weighted by atomic mass is 35.5. The first-order valence-corrected chi connectivity index (χ1v) is 10.8. The summed E-state index contributed by atoms with van der Waals surface area (Å²) in [6.45, 7) is 0.255. The SMILES string of the molecule is O=C(Nc1cnn(Cc2ccc(F)cc2Cl)c1)c1cnn2c(C(F)F)cc(-c3ccccc3)nc12. The molecule has 7 nitrogen and oxygen atoms in total. The zero-order chi connectivity index (χ0) is 24.5. The summed E-state index contributed by atoms with van der Waals surface area (Å²) >= 11 is 6.07. The molecule has 0 bridgehead atoms. The second kappa shape index (κ2) is 9.22. The van der Waals surface area contributed by atoms with Gasteiger partial charge in [0.15, 0.2) is 5.65 Å². The molecule has 3 aromatic heterocycles. The van der Waals surface area contributed by atoms with Crippen molar-refractivity contribution in [3.8, 4) is 11.3 Å². The topological polar surface area (TPSA) is 77.1 Å². The number of aromatic nitrogens is 5. The van der Waals surface area contributed by atoms with E-state index >= 15 is 0 Å². The number of hydrogen-bond donors (Lipinski definition) is 1. The van der Waals surface area contributed by atoms with Gasteiger partial charge in [-0.05, 0) is 23.8 Å². The van der Waals surface area contributed by atoms with Gasteiger partial charge in [-0.25, -0.2) is 22.7 Å². The van der Waals surface area contributed by atoms with Crippen molar-refractivity contribution >= 4 is 28.8 Å². The smallest absolute Gasteiger partial charge is 0.280 e. The normalized spacial score (nSPS) is 11.3.